The number of aryl methyl sites for hydroxylation is 2. The molecule has 0 N–H and O–H groups in total. The van der Waals surface area contributed by atoms with Gasteiger partial charge in [-0.05, 0) is 36.6 Å². The molecule has 1 aliphatic carbocycles. The maximum Gasteiger partial charge on any atom is 0.238 e. The van der Waals surface area contributed by atoms with Gasteiger partial charge < -0.3 is 4.57 Å². The van der Waals surface area contributed by atoms with Crippen LogP contribution >= 0.6 is 11.6 Å². The fourth-order valence-corrected chi connectivity index (χ4v) is 4.96. The average Bonchev–Trinajstić information content (AvgIpc) is 2.96. The Labute approximate surface area is 161 Å². The van der Waals surface area contributed by atoms with Crippen molar-refractivity contribution >= 4 is 33.5 Å². The van der Waals surface area contributed by atoms with E-state index in [4.69, 9.17) is 11.6 Å². The minimum atomic E-state index is 0.821. The van der Waals surface area contributed by atoms with Crippen molar-refractivity contribution in [1.82, 2.24) is 4.57 Å². The number of rotatable bonds is 6. The maximum absolute atomic E-state index is 6.31. The molecule has 0 unspecified atom stereocenters. The predicted molar refractivity (Wildman–Crippen MR) is 111 cm³/mol. The zero-order chi connectivity index (χ0) is 17.9. The van der Waals surface area contributed by atoms with Crippen LogP contribution in [0.3, 0.4) is 0 Å². The van der Waals surface area contributed by atoms with E-state index in [9.17, 15) is 0 Å². The van der Waals surface area contributed by atoms with Gasteiger partial charge in [-0.1, -0.05) is 63.0 Å². The maximum atomic E-state index is 6.31. The monoisotopic (exact) mass is 369 g/mol. The lowest BCUT2D eigenvalue weighted by Crippen LogP contribution is -2.27. The lowest BCUT2D eigenvalue weighted by Gasteiger charge is -2.21. The van der Waals surface area contributed by atoms with Gasteiger partial charge in [0.15, 0.2) is 6.20 Å². The van der Waals surface area contributed by atoms with E-state index in [1.807, 2.05) is 6.07 Å². The van der Waals surface area contributed by atoms with Gasteiger partial charge in [0.1, 0.15) is 12.6 Å². The number of unbranched alkanes of at least 4 members (excludes halogenated alkanes) is 2. The molecule has 0 saturated heterocycles. The summed E-state index contributed by atoms with van der Waals surface area (Å²) in [6, 6.07) is 10.7. The van der Waals surface area contributed by atoms with E-state index in [1.54, 1.807) is 0 Å². The number of pyridine rings is 1. The Morgan fingerprint density at radius 3 is 2.73 bits per heavy atom. The fourth-order valence-electron chi connectivity index (χ4n) is 4.80. The van der Waals surface area contributed by atoms with Gasteiger partial charge in [0.25, 0.3) is 0 Å². The predicted octanol–water partition coefficient (Wildman–Crippen LogP) is 6.41. The summed E-state index contributed by atoms with van der Waals surface area (Å²) in [5.74, 6) is 1.01. The molecule has 4 rings (SSSR count). The molecule has 3 heteroatoms. The van der Waals surface area contributed by atoms with Gasteiger partial charge in [-0.25, -0.2) is 0 Å². The lowest BCUT2D eigenvalue weighted by atomic mass is 9.85. The van der Waals surface area contributed by atoms with Crippen LogP contribution in [0.15, 0.2) is 36.5 Å². The molecule has 1 aromatic carbocycles. The third-order valence-corrected chi connectivity index (χ3v) is 6.41. The first-order chi connectivity index (χ1) is 12.7. The number of aromatic nitrogens is 2. The van der Waals surface area contributed by atoms with Crippen molar-refractivity contribution in [3.05, 3.63) is 41.6 Å². The standard InChI is InChI=1S/C23H30ClN2/c1-25-15-8-12-21-23(25)20-14-13-19(24)17-22(20)26(21)16-7-3-6-11-18-9-4-2-5-10-18/h8,12-15,17-18H,2-7,9-11,16H2,1H3/q+1. The van der Waals surface area contributed by atoms with Crippen LogP contribution in [0.5, 0.6) is 0 Å². The van der Waals surface area contributed by atoms with Crippen LogP contribution in [0.2, 0.25) is 5.02 Å². The Hall–Kier alpha value is -1.54. The van der Waals surface area contributed by atoms with E-state index in [1.165, 1.54) is 79.7 Å². The molecular formula is C23H30ClN2+. The Morgan fingerprint density at radius 2 is 1.88 bits per heavy atom. The van der Waals surface area contributed by atoms with Crippen LogP contribution in [0.1, 0.15) is 57.8 Å². The van der Waals surface area contributed by atoms with E-state index < -0.39 is 0 Å². The van der Waals surface area contributed by atoms with Crippen molar-refractivity contribution < 1.29 is 4.57 Å². The molecule has 0 bridgehead atoms. The van der Waals surface area contributed by atoms with Crippen LogP contribution in [0, 0.1) is 5.92 Å². The highest BCUT2D eigenvalue weighted by atomic mass is 35.5. The summed E-state index contributed by atoms with van der Waals surface area (Å²) < 4.78 is 4.70. The van der Waals surface area contributed by atoms with Crippen molar-refractivity contribution in [2.75, 3.05) is 0 Å². The Balaban J connectivity index is 1.48. The summed E-state index contributed by atoms with van der Waals surface area (Å²) in [6.07, 6.45) is 14.9. The summed E-state index contributed by atoms with van der Waals surface area (Å²) >= 11 is 6.31. The van der Waals surface area contributed by atoms with Crippen LogP contribution in [0.25, 0.3) is 21.9 Å². The van der Waals surface area contributed by atoms with E-state index in [0.717, 1.165) is 17.5 Å². The van der Waals surface area contributed by atoms with Crippen LogP contribution in [-0.2, 0) is 13.6 Å². The summed E-state index contributed by atoms with van der Waals surface area (Å²) in [6.45, 7) is 1.08. The highest BCUT2D eigenvalue weighted by Crippen LogP contribution is 2.30. The molecular weight excluding hydrogens is 340 g/mol. The first-order valence-corrected chi connectivity index (χ1v) is 10.7. The summed E-state index contributed by atoms with van der Waals surface area (Å²) in [5, 5.41) is 2.12. The molecule has 0 amide bonds. The molecule has 1 saturated carbocycles. The van der Waals surface area contributed by atoms with Crippen LogP contribution in [0.4, 0.5) is 0 Å². The average molecular weight is 370 g/mol. The first-order valence-electron chi connectivity index (χ1n) is 10.3. The second-order valence-electron chi connectivity index (χ2n) is 8.02. The topological polar surface area (TPSA) is 8.81 Å². The van der Waals surface area contributed by atoms with Gasteiger partial charge in [0.2, 0.25) is 5.52 Å². The number of nitrogens with zero attached hydrogens (tertiary/aromatic N) is 2. The molecule has 0 spiro atoms. The van der Waals surface area contributed by atoms with Gasteiger partial charge in [0.05, 0.1) is 10.9 Å². The normalized spacial score (nSPS) is 15.9. The minimum Gasteiger partial charge on any atom is -0.335 e. The van der Waals surface area contributed by atoms with Crippen molar-refractivity contribution in [2.24, 2.45) is 13.0 Å². The number of hydrogen-bond acceptors (Lipinski definition) is 0. The molecule has 2 aromatic heterocycles. The number of halogens is 1. The quantitative estimate of drug-likeness (QED) is 0.350. The zero-order valence-electron chi connectivity index (χ0n) is 15.9. The zero-order valence-corrected chi connectivity index (χ0v) is 16.6. The molecule has 0 atom stereocenters. The van der Waals surface area contributed by atoms with Crippen molar-refractivity contribution in [3.63, 3.8) is 0 Å². The number of hydrogen-bond donors (Lipinski definition) is 0. The molecule has 1 aliphatic rings. The third-order valence-electron chi connectivity index (χ3n) is 6.17. The molecule has 0 aliphatic heterocycles. The fraction of sp³-hybridized carbons (Fsp3) is 0.522. The molecule has 3 aromatic rings. The lowest BCUT2D eigenvalue weighted by molar-refractivity contribution is -0.644. The van der Waals surface area contributed by atoms with Crippen molar-refractivity contribution in [2.45, 2.75) is 64.3 Å². The Kier molecular flexibility index (Phi) is 5.49. The number of fused-ring (bicyclic) bond motifs is 3. The Morgan fingerprint density at radius 1 is 1.04 bits per heavy atom. The van der Waals surface area contributed by atoms with E-state index in [-0.39, 0.29) is 0 Å². The minimum absolute atomic E-state index is 0.821. The molecule has 2 heterocycles. The largest absolute Gasteiger partial charge is 0.335 e. The second-order valence-corrected chi connectivity index (χ2v) is 8.46. The SMILES string of the molecule is C[n+]1cccc2c1c1ccc(Cl)cc1n2CCCCCC1CCCCC1. The van der Waals surface area contributed by atoms with Gasteiger partial charge in [-0.15, -0.1) is 0 Å². The molecule has 0 radical (unpaired) electrons. The summed E-state index contributed by atoms with van der Waals surface area (Å²) in [7, 11) is 2.13. The molecule has 1 fully saturated rings. The number of benzene rings is 1. The molecule has 138 valence electrons. The van der Waals surface area contributed by atoms with E-state index >= 15 is 0 Å². The summed E-state index contributed by atoms with van der Waals surface area (Å²) in [5.41, 5.74) is 3.89. The highest BCUT2D eigenvalue weighted by Gasteiger charge is 2.18. The van der Waals surface area contributed by atoms with Crippen molar-refractivity contribution in [1.29, 1.82) is 0 Å². The van der Waals surface area contributed by atoms with Gasteiger partial charge in [-0.3, -0.25) is 0 Å². The highest BCUT2D eigenvalue weighted by molar-refractivity contribution is 6.31. The smallest absolute Gasteiger partial charge is 0.238 e. The Bertz CT molecular complexity index is 890. The third kappa shape index (κ3) is 3.62. The van der Waals surface area contributed by atoms with Gasteiger partial charge in [0, 0.05) is 17.6 Å². The van der Waals surface area contributed by atoms with E-state index in [2.05, 4.69) is 46.6 Å². The second kappa shape index (κ2) is 8.00. The summed E-state index contributed by atoms with van der Waals surface area (Å²) in [4.78, 5) is 0. The van der Waals surface area contributed by atoms with Gasteiger partial charge in [-0.2, -0.15) is 4.57 Å². The van der Waals surface area contributed by atoms with Crippen LogP contribution in [-0.4, -0.2) is 4.57 Å². The van der Waals surface area contributed by atoms with Crippen LogP contribution < -0.4 is 4.57 Å². The van der Waals surface area contributed by atoms with E-state index in [0.29, 0.717) is 0 Å². The molecule has 26 heavy (non-hydrogen) atoms. The van der Waals surface area contributed by atoms with Gasteiger partial charge >= 0.3 is 0 Å². The van der Waals surface area contributed by atoms with Crippen molar-refractivity contribution in [3.8, 4) is 0 Å². The first kappa shape index (κ1) is 17.9. The molecule has 2 nitrogen and oxygen atoms in total.